The van der Waals surface area contributed by atoms with Crippen molar-refractivity contribution in [2.24, 2.45) is 0 Å². The van der Waals surface area contributed by atoms with E-state index in [1.807, 2.05) is 6.07 Å². The van der Waals surface area contributed by atoms with E-state index in [1.165, 1.54) is 44.2 Å². The van der Waals surface area contributed by atoms with Crippen molar-refractivity contribution in [3.8, 4) is 39.5 Å². The number of hydrogen-bond donors (Lipinski definition) is 0. The van der Waals surface area contributed by atoms with E-state index in [4.69, 9.17) is 14.2 Å². The van der Waals surface area contributed by atoms with Crippen molar-refractivity contribution in [3.05, 3.63) is 113 Å². The minimum Gasteiger partial charge on any atom is -0.496 e. The molecule has 1 heterocycles. The van der Waals surface area contributed by atoms with Gasteiger partial charge in [-0.1, -0.05) is 72.8 Å². The Labute approximate surface area is 218 Å². The fourth-order valence-electron chi connectivity index (χ4n) is 5.52. The molecule has 6 rings (SSSR count). The average molecular weight is 487 g/mol. The third kappa shape index (κ3) is 4.31. The van der Waals surface area contributed by atoms with Gasteiger partial charge in [-0.25, -0.2) is 0 Å². The predicted molar refractivity (Wildman–Crippen MR) is 151 cm³/mol. The lowest BCUT2D eigenvalue weighted by molar-refractivity contribution is 0.174. The zero-order valence-corrected chi connectivity index (χ0v) is 21.5. The lowest BCUT2D eigenvalue weighted by Crippen LogP contribution is -2.00. The summed E-state index contributed by atoms with van der Waals surface area (Å²) in [6.07, 6.45) is 1.86. The van der Waals surface area contributed by atoms with Gasteiger partial charge >= 0.3 is 0 Å². The molecule has 0 spiro atoms. The van der Waals surface area contributed by atoms with Crippen molar-refractivity contribution in [2.75, 3.05) is 13.9 Å². The molecule has 3 nitrogen and oxygen atoms in total. The summed E-state index contributed by atoms with van der Waals surface area (Å²) in [4.78, 5) is 0. The minimum atomic E-state index is 0.276. The summed E-state index contributed by atoms with van der Waals surface area (Å²) in [5.74, 6) is 2.56. The van der Waals surface area contributed by atoms with Gasteiger partial charge in [0.05, 0.1) is 7.11 Å². The Morgan fingerprint density at radius 1 is 0.649 bits per heavy atom. The van der Waals surface area contributed by atoms with Crippen LogP contribution < -0.4 is 14.2 Å². The van der Waals surface area contributed by atoms with Crippen LogP contribution in [0.3, 0.4) is 0 Å². The van der Waals surface area contributed by atoms with Gasteiger partial charge in [-0.15, -0.1) is 0 Å². The van der Waals surface area contributed by atoms with E-state index in [0.717, 1.165) is 41.2 Å². The van der Waals surface area contributed by atoms with Gasteiger partial charge in [0.2, 0.25) is 6.79 Å². The van der Waals surface area contributed by atoms with Crippen molar-refractivity contribution in [1.82, 2.24) is 0 Å². The van der Waals surface area contributed by atoms with Crippen LogP contribution in [0.25, 0.3) is 33.0 Å². The van der Waals surface area contributed by atoms with Crippen LogP contribution in [0, 0.1) is 13.8 Å². The third-order valence-corrected chi connectivity index (χ3v) is 7.37. The molecule has 0 radical (unpaired) electrons. The zero-order valence-electron chi connectivity index (χ0n) is 21.5. The summed E-state index contributed by atoms with van der Waals surface area (Å²) < 4.78 is 17.1. The summed E-state index contributed by atoms with van der Waals surface area (Å²) in [6, 6.07) is 32.4. The number of aryl methyl sites for hydroxylation is 4. The second-order valence-corrected chi connectivity index (χ2v) is 9.69. The average Bonchev–Trinajstić information content (AvgIpc) is 3.40. The molecular formula is C34H30O3. The van der Waals surface area contributed by atoms with Gasteiger partial charge < -0.3 is 14.2 Å². The van der Waals surface area contributed by atoms with Gasteiger partial charge in [0.15, 0.2) is 11.5 Å². The molecule has 5 aromatic carbocycles. The summed E-state index contributed by atoms with van der Waals surface area (Å²) in [7, 11) is 1.76. The monoisotopic (exact) mass is 486 g/mol. The van der Waals surface area contributed by atoms with Gasteiger partial charge in [0.1, 0.15) is 5.75 Å². The molecule has 0 aromatic heterocycles. The fourth-order valence-corrected chi connectivity index (χ4v) is 5.52. The van der Waals surface area contributed by atoms with E-state index in [-0.39, 0.29) is 6.79 Å². The molecule has 184 valence electrons. The number of ether oxygens (including phenoxy) is 3. The predicted octanol–water partition coefficient (Wildman–Crippen LogP) is 8.31. The Morgan fingerprint density at radius 3 is 2.16 bits per heavy atom. The lowest BCUT2D eigenvalue weighted by atomic mass is 9.86. The Kier molecular flexibility index (Phi) is 6.05. The molecule has 0 aliphatic carbocycles. The molecule has 3 heteroatoms. The maximum absolute atomic E-state index is 5.86. The van der Waals surface area contributed by atoms with Crippen LogP contribution in [0.5, 0.6) is 17.2 Å². The Hall–Kier alpha value is -4.24. The van der Waals surface area contributed by atoms with Crippen molar-refractivity contribution < 1.29 is 14.2 Å². The highest BCUT2D eigenvalue weighted by Crippen LogP contribution is 2.42. The van der Waals surface area contributed by atoms with Crippen LogP contribution in [-0.2, 0) is 12.8 Å². The molecule has 5 aromatic rings. The highest BCUT2D eigenvalue weighted by atomic mass is 16.7. The van der Waals surface area contributed by atoms with Gasteiger partial charge in [-0.3, -0.25) is 0 Å². The van der Waals surface area contributed by atoms with Crippen LogP contribution >= 0.6 is 0 Å². The molecule has 37 heavy (non-hydrogen) atoms. The van der Waals surface area contributed by atoms with Crippen LogP contribution in [0.4, 0.5) is 0 Å². The first-order chi connectivity index (χ1) is 18.1. The van der Waals surface area contributed by atoms with Gasteiger partial charge in [0, 0.05) is 5.39 Å². The first-order valence-corrected chi connectivity index (χ1v) is 12.8. The quantitative estimate of drug-likeness (QED) is 0.241. The van der Waals surface area contributed by atoms with Crippen molar-refractivity contribution in [2.45, 2.75) is 26.7 Å². The molecule has 1 aliphatic heterocycles. The van der Waals surface area contributed by atoms with E-state index >= 15 is 0 Å². The molecule has 1 aliphatic rings. The third-order valence-electron chi connectivity index (χ3n) is 7.37. The highest BCUT2D eigenvalue weighted by molar-refractivity contribution is 5.98. The van der Waals surface area contributed by atoms with E-state index in [1.54, 1.807) is 7.11 Å². The first kappa shape index (κ1) is 23.2. The smallest absolute Gasteiger partial charge is 0.231 e. The van der Waals surface area contributed by atoms with E-state index in [2.05, 4.69) is 98.8 Å². The number of methoxy groups -OCH3 is 1. The second kappa shape index (κ2) is 9.67. The normalized spacial score (nSPS) is 12.2. The number of hydrogen-bond acceptors (Lipinski definition) is 3. The number of fused-ring (bicyclic) bond motifs is 2. The molecule has 0 amide bonds. The Bertz CT molecular complexity index is 1580. The van der Waals surface area contributed by atoms with E-state index in [9.17, 15) is 0 Å². The van der Waals surface area contributed by atoms with Crippen LogP contribution in [0.15, 0.2) is 91.0 Å². The molecule has 0 N–H and O–H groups in total. The summed E-state index contributed by atoms with van der Waals surface area (Å²) in [5, 5.41) is 2.40. The van der Waals surface area contributed by atoms with Crippen molar-refractivity contribution in [1.29, 1.82) is 0 Å². The van der Waals surface area contributed by atoms with Gasteiger partial charge in [-0.2, -0.15) is 0 Å². The van der Waals surface area contributed by atoms with Crippen LogP contribution in [0.2, 0.25) is 0 Å². The molecule has 0 bridgehead atoms. The van der Waals surface area contributed by atoms with Crippen LogP contribution in [0.1, 0.15) is 22.3 Å². The summed E-state index contributed by atoms with van der Waals surface area (Å²) in [6.45, 7) is 4.57. The zero-order chi connectivity index (χ0) is 25.4. The Morgan fingerprint density at radius 2 is 1.38 bits per heavy atom. The van der Waals surface area contributed by atoms with E-state index < -0.39 is 0 Å². The largest absolute Gasteiger partial charge is 0.496 e. The van der Waals surface area contributed by atoms with Crippen molar-refractivity contribution >= 4 is 10.8 Å². The van der Waals surface area contributed by atoms with Gasteiger partial charge in [-0.05, 0) is 94.8 Å². The number of benzene rings is 5. The SMILES string of the molecule is COc1c(C)ccc2c(CCc3ccc(-c4ccccc4)cc3)c(-c3ccc4c(c3)OCO4)c(C)cc12. The van der Waals surface area contributed by atoms with Crippen LogP contribution in [-0.4, -0.2) is 13.9 Å². The maximum Gasteiger partial charge on any atom is 0.231 e. The molecule has 0 fully saturated rings. The minimum absolute atomic E-state index is 0.276. The molecule has 0 saturated heterocycles. The van der Waals surface area contributed by atoms with E-state index in [0.29, 0.717) is 0 Å². The Balaban J connectivity index is 1.42. The fraction of sp³-hybridized carbons (Fsp3) is 0.176. The standard InChI is InChI=1S/C34H30O3/c1-22-9-16-28-29(17-12-24-10-13-26(14-11-24)25-7-5-4-6-8-25)33(23(2)19-30(28)34(22)35-3)27-15-18-31-32(20-27)37-21-36-31/h4-11,13-16,18-20H,12,17,21H2,1-3H3. The lowest BCUT2D eigenvalue weighted by Gasteiger charge is -2.19. The highest BCUT2D eigenvalue weighted by Gasteiger charge is 2.20. The molecular weight excluding hydrogens is 456 g/mol. The molecule has 0 atom stereocenters. The first-order valence-electron chi connectivity index (χ1n) is 12.8. The maximum atomic E-state index is 5.86. The van der Waals surface area contributed by atoms with Gasteiger partial charge in [0.25, 0.3) is 0 Å². The molecule has 0 unspecified atom stereocenters. The molecule has 0 saturated carbocycles. The second-order valence-electron chi connectivity index (χ2n) is 9.69. The summed E-state index contributed by atoms with van der Waals surface area (Å²) >= 11 is 0. The number of rotatable bonds is 6. The van der Waals surface area contributed by atoms with Crippen molar-refractivity contribution in [3.63, 3.8) is 0 Å². The summed E-state index contributed by atoms with van der Waals surface area (Å²) in [5.41, 5.74) is 9.93. The topological polar surface area (TPSA) is 27.7 Å².